The maximum atomic E-state index is 12.3. The SMILES string of the molecule is COc1cc(-c2cn(COP(=O)(O)O)c3ncc(-c4cncc(NC(=O)/C=C/CN(C)C)c4)cc23)ccn1. The van der Waals surface area contributed by atoms with Gasteiger partial charge in [0.2, 0.25) is 11.8 Å². The number of carbonyl (C=O) groups excluding carboxylic acids is 1. The second-order valence-electron chi connectivity index (χ2n) is 8.56. The van der Waals surface area contributed by atoms with E-state index in [2.05, 4.69) is 20.3 Å². The van der Waals surface area contributed by atoms with Crippen LogP contribution in [-0.2, 0) is 20.6 Å². The summed E-state index contributed by atoms with van der Waals surface area (Å²) in [6.45, 7) is 0.238. The molecule has 0 aliphatic rings. The Labute approximate surface area is 218 Å². The van der Waals surface area contributed by atoms with Crippen molar-refractivity contribution in [1.29, 1.82) is 0 Å². The van der Waals surface area contributed by atoms with Crippen molar-refractivity contribution in [3.8, 4) is 28.1 Å². The Morgan fingerprint density at radius 1 is 1.13 bits per heavy atom. The molecule has 4 aromatic heterocycles. The third-order valence-corrected chi connectivity index (χ3v) is 5.86. The number of anilines is 1. The Kier molecular flexibility index (Phi) is 8.30. The van der Waals surface area contributed by atoms with Gasteiger partial charge in [-0.05, 0) is 37.9 Å². The largest absolute Gasteiger partial charge is 0.481 e. The number of ether oxygens (including phenoxy) is 1. The highest BCUT2D eigenvalue weighted by Crippen LogP contribution is 2.38. The molecule has 0 saturated carbocycles. The molecule has 0 radical (unpaired) electrons. The van der Waals surface area contributed by atoms with Gasteiger partial charge in [0.25, 0.3) is 0 Å². The fourth-order valence-electron chi connectivity index (χ4n) is 3.70. The molecule has 0 aliphatic carbocycles. The summed E-state index contributed by atoms with van der Waals surface area (Å²) in [7, 11) is 0.639. The minimum Gasteiger partial charge on any atom is -0.481 e. The number of amides is 1. The second-order valence-corrected chi connectivity index (χ2v) is 9.80. The van der Waals surface area contributed by atoms with Crippen molar-refractivity contribution in [2.45, 2.75) is 6.73 Å². The molecule has 13 heteroatoms. The zero-order valence-corrected chi connectivity index (χ0v) is 21.9. The van der Waals surface area contributed by atoms with E-state index in [0.29, 0.717) is 34.7 Å². The first-order valence-electron chi connectivity index (χ1n) is 11.4. The topological polar surface area (TPSA) is 152 Å². The van der Waals surface area contributed by atoms with Gasteiger partial charge in [0.1, 0.15) is 12.4 Å². The molecule has 12 nitrogen and oxygen atoms in total. The van der Waals surface area contributed by atoms with Crippen LogP contribution in [-0.4, -0.2) is 67.9 Å². The van der Waals surface area contributed by atoms with Crippen molar-refractivity contribution >= 4 is 30.5 Å². The number of likely N-dealkylation sites (N-methyl/N-ethyl adjacent to an activating group) is 1. The van der Waals surface area contributed by atoms with Crippen molar-refractivity contribution in [3.05, 3.63) is 67.4 Å². The number of rotatable bonds is 10. The van der Waals surface area contributed by atoms with Gasteiger partial charge in [-0.15, -0.1) is 0 Å². The molecule has 0 saturated heterocycles. The summed E-state index contributed by atoms with van der Waals surface area (Å²) < 4.78 is 22.8. The quantitative estimate of drug-likeness (QED) is 0.203. The molecule has 0 aromatic carbocycles. The monoisotopic (exact) mass is 538 g/mol. The first-order valence-corrected chi connectivity index (χ1v) is 12.9. The standard InChI is InChI=1S/C25H27N6O6P/c1-30(2)8-4-5-23(32)29-20-9-18(12-26-14-20)19-10-21-22(17-6-7-27-24(11-17)36-3)15-31(25(21)28-13-19)16-37-38(33,34)35/h4-7,9-15H,8,16H2,1-3H3,(H,29,32)(H2,33,34,35)/b5-4+. The van der Waals surface area contributed by atoms with Crippen LogP contribution in [0.15, 0.2) is 67.4 Å². The van der Waals surface area contributed by atoms with Crippen LogP contribution in [0.4, 0.5) is 5.69 Å². The molecule has 4 aromatic rings. The predicted molar refractivity (Wildman–Crippen MR) is 142 cm³/mol. The average Bonchev–Trinajstić information content (AvgIpc) is 3.25. The number of nitrogens with zero attached hydrogens (tertiary/aromatic N) is 5. The van der Waals surface area contributed by atoms with E-state index in [4.69, 9.17) is 9.26 Å². The van der Waals surface area contributed by atoms with Gasteiger partial charge < -0.3 is 29.3 Å². The van der Waals surface area contributed by atoms with Crippen LogP contribution in [0.5, 0.6) is 5.88 Å². The lowest BCUT2D eigenvalue weighted by atomic mass is 10.0. The lowest BCUT2D eigenvalue weighted by Crippen LogP contribution is -2.13. The minimum atomic E-state index is -4.70. The minimum absolute atomic E-state index is 0.268. The fraction of sp³-hybridized carbons (Fsp3) is 0.200. The van der Waals surface area contributed by atoms with Crippen molar-refractivity contribution in [2.75, 3.05) is 33.1 Å². The molecular formula is C25H27N6O6P. The molecule has 0 aliphatic heterocycles. The molecule has 0 spiro atoms. The summed E-state index contributed by atoms with van der Waals surface area (Å²) in [6, 6.07) is 7.21. The van der Waals surface area contributed by atoms with Gasteiger partial charge in [-0.2, -0.15) is 0 Å². The highest BCUT2D eigenvalue weighted by atomic mass is 31.2. The Morgan fingerprint density at radius 2 is 1.92 bits per heavy atom. The number of pyridine rings is 3. The second kappa shape index (κ2) is 11.6. The molecule has 0 atom stereocenters. The average molecular weight is 539 g/mol. The lowest BCUT2D eigenvalue weighted by molar-refractivity contribution is -0.111. The number of hydrogen-bond acceptors (Lipinski definition) is 8. The van der Waals surface area contributed by atoms with Crippen LogP contribution >= 0.6 is 7.82 Å². The fourth-order valence-corrected chi connectivity index (χ4v) is 3.98. The number of hydrogen-bond donors (Lipinski definition) is 3. The van der Waals surface area contributed by atoms with E-state index in [-0.39, 0.29) is 5.91 Å². The van der Waals surface area contributed by atoms with Gasteiger partial charge in [-0.3, -0.25) is 14.3 Å². The van der Waals surface area contributed by atoms with Crippen molar-refractivity contribution in [3.63, 3.8) is 0 Å². The van der Waals surface area contributed by atoms with E-state index in [1.165, 1.54) is 17.8 Å². The van der Waals surface area contributed by atoms with Crippen LogP contribution < -0.4 is 10.1 Å². The molecule has 38 heavy (non-hydrogen) atoms. The number of carbonyl (C=O) groups is 1. The van der Waals surface area contributed by atoms with Crippen LogP contribution in [0.2, 0.25) is 0 Å². The molecule has 3 N–H and O–H groups in total. The van der Waals surface area contributed by atoms with E-state index in [1.807, 2.05) is 25.1 Å². The zero-order chi connectivity index (χ0) is 27.3. The Hall–Kier alpha value is -3.93. The third-order valence-electron chi connectivity index (χ3n) is 5.41. The van der Waals surface area contributed by atoms with E-state index in [1.54, 1.807) is 55.3 Å². The summed E-state index contributed by atoms with van der Waals surface area (Å²) >= 11 is 0. The van der Waals surface area contributed by atoms with E-state index in [9.17, 15) is 19.1 Å². The number of aromatic nitrogens is 4. The molecule has 0 fully saturated rings. The van der Waals surface area contributed by atoms with Crippen molar-refractivity contribution in [1.82, 2.24) is 24.4 Å². The van der Waals surface area contributed by atoms with Crippen LogP contribution in [0, 0.1) is 0 Å². The van der Waals surface area contributed by atoms with Crippen LogP contribution in [0.25, 0.3) is 33.3 Å². The molecule has 0 bridgehead atoms. The summed E-state index contributed by atoms with van der Waals surface area (Å²) in [5.41, 5.74) is 3.91. The first kappa shape index (κ1) is 27.1. The van der Waals surface area contributed by atoms with Gasteiger partial charge in [0.15, 0.2) is 0 Å². The normalized spacial score (nSPS) is 11.9. The highest BCUT2D eigenvalue weighted by molar-refractivity contribution is 7.46. The van der Waals surface area contributed by atoms with E-state index < -0.39 is 14.6 Å². The Bertz CT molecular complexity index is 1530. The number of phosphoric acid groups is 1. The number of phosphoric ester groups is 1. The van der Waals surface area contributed by atoms with Gasteiger partial charge in [0.05, 0.1) is 19.0 Å². The summed E-state index contributed by atoms with van der Waals surface area (Å²) in [4.78, 5) is 45.5. The van der Waals surface area contributed by atoms with Gasteiger partial charge in [-0.25, -0.2) is 14.5 Å². The van der Waals surface area contributed by atoms with E-state index in [0.717, 1.165) is 16.7 Å². The summed E-state index contributed by atoms with van der Waals surface area (Å²) in [5, 5.41) is 3.51. The maximum absolute atomic E-state index is 12.3. The van der Waals surface area contributed by atoms with Crippen molar-refractivity contribution in [2.24, 2.45) is 0 Å². The van der Waals surface area contributed by atoms with Gasteiger partial charge >= 0.3 is 7.82 Å². The summed E-state index contributed by atoms with van der Waals surface area (Å²) in [5.74, 6) is 0.140. The predicted octanol–water partition coefficient (Wildman–Crippen LogP) is 3.29. The third kappa shape index (κ3) is 6.88. The maximum Gasteiger partial charge on any atom is 0.471 e. The molecule has 4 heterocycles. The molecule has 4 rings (SSSR count). The Morgan fingerprint density at radius 3 is 2.66 bits per heavy atom. The first-order chi connectivity index (χ1) is 18.1. The van der Waals surface area contributed by atoms with Gasteiger partial charge in [-0.1, -0.05) is 6.08 Å². The Balaban J connectivity index is 1.71. The zero-order valence-electron chi connectivity index (χ0n) is 21.0. The van der Waals surface area contributed by atoms with Crippen LogP contribution in [0.3, 0.4) is 0 Å². The van der Waals surface area contributed by atoms with Crippen LogP contribution in [0.1, 0.15) is 0 Å². The molecular weight excluding hydrogens is 511 g/mol. The highest BCUT2D eigenvalue weighted by Gasteiger charge is 2.18. The lowest BCUT2D eigenvalue weighted by Gasteiger charge is -2.08. The molecule has 198 valence electrons. The van der Waals surface area contributed by atoms with Crippen molar-refractivity contribution < 1.29 is 28.4 Å². The van der Waals surface area contributed by atoms with E-state index >= 15 is 0 Å². The molecule has 0 unspecified atom stereocenters. The number of nitrogens with one attached hydrogen (secondary N) is 1. The smallest absolute Gasteiger partial charge is 0.471 e. The number of fused-ring (bicyclic) bond motifs is 1. The number of methoxy groups -OCH3 is 1. The van der Waals surface area contributed by atoms with Gasteiger partial charge in [0, 0.05) is 65.6 Å². The molecule has 1 amide bonds. The summed E-state index contributed by atoms with van der Waals surface area (Å²) in [6.07, 6.45) is 11.4.